The highest BCUT2D eigenvalue weighted by atomic mass is 32.2. The van der Waals surface area contributed by atoms with Crippen LogP contribution < -0.4 is 14.2 Å². The van der Waals surface area contributed by atoms with Gasteiger partial charge in [0, 0.05) is 25.7 Å². The summed E-state index contributed by atoms with van der Waals surface area (Å²) < 4.78 is 32.2. The molecule has 0 aliphatic carbocycles. The largest absolute Gasteiger partial charge is 0.494 e. The van der Waals surface area contributed by atoms with Crippen LogP contribution in [0.2, 0.25) is 0 Å². The van der Waals surface area contributed by atoms with Gasteiger partial charge >= 0.3 is 0 Å². The van der Waals surface area contributed by atoms with Gasteiger partial charge in [-0.25, -0.2) is 9.37 Å². The molecule has 0 saturated carbocycles. The molecule has 33 heavy (non-hydrogen) atoms. The van der Waals surface area contributed by atoms with E-state index in [1.165, 1.54) is 24.9 Å². The number of aromatic nitrogens is 2. The lowest BCUT2D eigenvalue weighted by Crippen LogP contribution is -2.28. The molecule has 1 aliphatic heterocycles. The number of ether oxygens (including phenoxy) is 3. The minimum Gasteiger partial charge on any atom is -0.494 e. The van der Waals surface area contributed by atoms with E-state index >= 15 is 0 Å². The number of carbonyl (C=O) groups is 1. The molecule has 0 bridgehead atoms. The molecular formula is C24H26FN3O4S. The number of carbonyl (C=O) groups excluding carboxylic acids is 1. The zero-order chi connectivity index (χ0) is 23.4. The van der Waals surface area contributed by atoms with Crippen molar-refractivity contribution >= 4 is 17.7 Å². The van der Waals surface area contributed by atoms with Gasteiger partial charge in [-0.1, -0.05) is 17.8 Å². The Labute approximate surface area is 196 Å². The number of hydrogen-bond acceptors (Lipinski definition) is 6. The maximum absolute atomic E-state index is 13.9. The zero-order valence-corrected chi connectivity index (χ0v) is 19.7. The maximum Gasteiger partial charge on any atom is 0.233 e. The van der Waals surface area contributed by atoms with Gasteiger partial charge in [0.1, 0.15) is 13.2 Å². The second kappa shape index (κ2) is 10.2. The molecule has 1 aliphatic rings. The van der Waals surface area contributed by atoms with Crippen LogP contribution in [0.4, 0.5) is 4.39 Å². The Hall–Kier alpha value is -3.20. The monoisotopic (exact) mass is 471 g/mol. The molecule has 0 N–H and O–H groups in total. The molecule has 0 radical (unpaired) electrons. The quantitative estimate of drug-likeness (QED) is 0.458. The third-order valence-electron chi connectivity index (χ3n) is 5.36. The molecule has 0 unspecified atom stereocenters. The summed E-state index contributed by atoms with van der Waals surface area (Å²) in [4.78, 5) is 18.8. The smallest absolute Gasteiger partial charge is 0.233 e. The molecule has 9 heteroatoms. The first-order valence-electron chi connectivity index (χ1n) is 10.6. The number of fused-ring (bicyclic) bond motifs is 1. The number of methoxy groups -OCH3 is 1. The van der Waals surface area contributed by atoms with Crippen molar-refractivity contribution in [3.05, 3.63) is 54.0 Å². The van der Waals surface area contributed by atoms with E-state index in [2.05, 4.69) is 9.55 Å². The van der Waals surface area contributed by atoms with Crippen molar-refractivity contribution in [1.82, 2.24) is 14.5 Å². The average molecular weight is 472 g/mol. The Morgan fingerprint density at radius 1 is 1.21 bits per heavy atom. The van der Waals surface area contributed by atoms with Crippen LogP contribution in [0.15, 0.2) is 47.8 Å². The number of thioether (sulfide) groups is 1. The van der Waals surface area contributed by atoms with E-state index in [0.717, 1.165) is 27.9 Å². The van der Waals surface area contributed by atoms with E-state index in [9.17, 15) is 9.18 Å². The second-order valence-corrected chi connectivity index (χ2v) is 8.48. The summed E-state index contributed by atoms with van der Waals surface area (Å²) in [5.41, 5.74) is 2.63. The van der Waals surface area contributed by atoms with Crippen LogP contribution in [0, 0.1) is 5.82 Å². The maximum atomic E-state index is 13.9. The van der Waals surface area contributed by atoms with Crippen LogP contribution in [0.25, 0.3) is 11.3 Å². The summed E-state index contributed by atoms with van der Waals surface area (Å²) in [6.07, 6.45) is 1.81. The van der Waals surface area contributed by atoms with E-state index in [-0.39, 0.29) is 17.4 Å². The van der Waals surface area contributed by atoms with E-state index in [4.69, 9.17) is 14.2 Å². The normalized spacial score (nSPS) is 12.5. The van der Waals surface area contributed by atoms with Crippen molar-refractivity contribution in [2.45, 2.75) is 25.2 Å². The molecule has 3 aromatic rings. The fraction of sp³-hybridized carbons (Fsp3) is 0.333. The van der Waals surface area contributed by atoms with E-state index in [0.29, 0.717) is 31.9 Å². The van der Waals surface area contributed by atoms with E-state index in [1.54, 1.807) is 24.1 Å². The third kappa shape index (κ3) is 5.08. The molecular weight excluding hydrogens is 445 g/mol. The second-order valence-electron chi connectivity index (χ2n) is 7.54. The first kappa shape index (κ1) is 23.0. The van der Waals surface area contributed by atoms with Crippen molar-refractivity contribution in [3.8, 4) is 28.5 Å². The van der Waals surface area contributed by atoms with Crippen LogP contribution in [0.1, 0.15) is 12.5 Å². The molecule has 0 spiro atoms. The third-order valence-corrected chi connectivity index (χ3v) is 6.33. The van der Waals surface area contributed by atoms with Crippen molar-refractivity contribution in [3.63, 3.8) is 0 Å². The standard InChI is InChI=1S/C24H26FN3O4S/c1-4-28-19(17-6-8-21-22(12-17)32-10-9-31-21)13-26-24(28)33-15-23(29)27(2)14-16-5-7-20(30-3)18(25)11-16/h5-8,11-13H,4,9-10,14-15H2,1-3H3. The molecule has 1 aromatic heterocycles. The number of rotatable bonds is 8. The number of nitrogens with zero attached hydrogens (tertiary/aromatic N) is 3. The van der Waals surface area contributed by atoms with E-state index in [1.807, 2.05) is 31.3 Å². The molecule has 2 aromatic carbocycles. The van der Waals surface area contributed by atoms with Gasteiger partial charge in [0.2, 0.25) is 5.91 Å². The predicted octanol–water partition coefficient (Wildman–Crippen LogP) is 4.24. The lowest BCUT2D eigenvalue weighted by Gasteiger charge is -2.19. The average Bonchev–Trinajstić information content (AvgIpc) is 3.25. The molecule has 0 atom stereocenters. The Kier molecular flexibility index (Phi) is 7.08. The summed E-state index contributed by atoms with van der Waals surface area (Å²) in [7, 11) is 3.13. The van der Waals surface area contributed by atoms with Gasteiger partial charge < -0.3 is 23.7 Å². The van der Waals surface area contributed by atoms with Crippen LogP contribution >= 0.6 is 11.8 Å². The van der Waals surface area contributed by atoms with Crippen LogP contribution in [-0.4, -0.2) is 53.5 Å². The van der Waals surface area contributed by atoms with E-state index < -0.39 is 5.82 Å². The lowest BCUT2D eigenvalue weighted by atomic mass is 10.1. The Balaban J connectivity index is 1.41. The minimum absolute atomic E-state index is 0.0669. The number of amides is 1. The fourth-order valence-electron chi connectivity index (χ4n) is 3.62. The van der Waals surface area contributed by atoms with Crippen molar-refractivity contribution in [2.24, 2.45) is 0 Å². The van der Waals surface area contributed by atoms with Crippen molar-refractivity contribution < 1.29 is 23.4 Å². The first-order valence-corrected chi connectivity index (χ1v) is 11.6. The van der Waals surface area contributed by atoms with Crippen LogP contribution in [0.5, 0.6) is 17.2 Å². The zero-order valence-electron chi connectivity index (χ0n) is 18.8. The summed E-state index contributed by atoms with van der Waals surface area (Å²) in [6, 6.07) is 10.6. The number of benzene rings is 2. The summed E-state index contributed by atoms with van der Waals surface area (Å²) in [5.74, 6) is 1.37. The lowest BCUT2D eigenvalue weighted by molar-refractivity contribution is -0.127. The SMILES string of the molecule is CCn1c(-c2ccc3c(c2)OCCO3)cnc1SCC(=O)N(C)Cc1ccc(OC)c(F)c1. The fourth-order valence-corrected chi connectivity index (χ4v) is 4.60. The van der Waals surface area contributed by atoms with Crippen molar-refractivity contribution in [1.29, 1.82) is 0 Å². The number of imidazole rings is 1. The number of hydrogen-bond donors (Lipinski definition) is 0. The highest BCUT2D eigenvalue weighted by Gasteiger charge is 2.18. The van der Waals surface area contributed by atoms with Gasteiger partial charge in [0.05, 0.1) is 24.8 Å². The summed E-state index contributed by atoms with van der Waals surface area (Å²) >= 11 is 1.38. The number of halogens is 1. The van der Waals surface area contributed by atoms with Gasteiger partial charge in [-0.05, 0) is 42.8 Å². The minimum atomic E-state index is -0.443. The molecule has 7 nitrogen and oxygen atoms in total. The van der Waals surface area contributed by atoms with Gasteiger partial charge in [-0.3, -0.25) is 4.79 Å². The predicted molar refractivity (Wildman–Crippen MR) is 124 cm³/mol. The Bertz CT molecular complexity index is 1150. The molecule has 0 fully saturated rings. The first-order chi connectivity index (χ1) is 16.0. The van der Waals surface area contributed by atoms with Gasteiger partial charge in [0.15, 0.2) is 28.2 Å². The molecule has 1 amide bonds. The van der Waals surface area contributed by atoms with Gasteiger partial charge in [-0.15, -0.1) is 0 Å². The molecule has 174 valence electrons. The summed E-state index contributed by atoms with van der Waals surface area (Å²) in [6.45, 7) is 4.14. The highest BCUT2D eigenvalue weighted by molar-refractivity contribution is 7.99. The molecule has 0 saturated heterocycles. The summed E-state index contributed by atoms with van der Waals surface area (Å²) in [5, 5.41) is 0.764. The molecule has 2 heterocycles. The Morgan fingerprint density at radius 3 is 2.73 bits per heavy atom. The molecule has 4 rings (SSSR count). The topological polar surface area (TPSA) is 65.8 Å². The van der Waals surface area contributed by atoms with Gasteiger partial charge in [-0.2, -0.15) is 0 Å². The van der Waals surface area contributed by atoms with Crippen LogP contribution in [-0.2, 0) is 17.9 Å². The van der Waals surface area contributed by atoms with Gasteiger partial charge in [0.25, 0.3) is 0 Å². The Morgan fingerprint density at radius 2 is 2.00 bits per heavy atom. The van der Waals surface area contributed by atoms with Crippen LogP contribution in [0.3, 0.4) is 0 Å². The highest BCUT2D eigenvalue weighted by Crippen LogP contribution is 2.35. The van der Waals surface area contributed by atoms with Crippen molar-refractivity contribution in [2.75, 3.05) is 33.1 Å².